The van der Waals surface area contributed by atoms with Gasteiger partial charge in [-0.1, -0.05) is 0 Å². The Hall–Kier alpha value is -2.39. The van der Waals surface area contributed by atoms with E-state index in [0.29, 0.717) is 35.6 Å². The molecule has 4 rings (SSSR count). The van der Waals surface area contributed by atoms with E-state index in [-0.39, 0.29) is 5.69 Å². The molecule has 0 aromatic carbocycles. The summed E-state index contributed by atoms with van der Waals surface area (Å²) in [5.41, 5.74) is 1.26. The molecule has 3 aromatic rings. The Morgan fingerprint density at radius 1 is 1.40 bits per heavy atom. The van der Waals surface area contributed by atoms with Crippen LogP contribution >= 0.6 is 12.3 Å². The van der Waals surface area contributed by atoms with Crippen LogP contribution in [0.1, 0.15) is 37.1 Å². The first-order chi connectivity index (χ1) is 12.2. The van der Waals surface area contributed by atoms with Crippen LogP contribution in [0.2, 0.25) is 0 Å². The van der Waals surface area contributed by atoms with Gasteiger partial charge in [-0.15, -0.1) is 5.10 Å². The predicted molar refractivity (Wildman–Crippen MR) is 92.9 cm³/mol. The van der Waals surface area contributed by atoms with Gasteiger partial charge in [0.1, 0.15) is 5.82 Å². The summed E-state index contributed by atoms with van der Waals surface area (Å²) in [6, 6.07) is 3.65. The molecule has 130 valence electrons. The molecule has 0 spiro atoms. The number of fused-ring (bicyclic) bond motifs is 1. The number of aryl methyl sites for hydroxylation is 1. The van der Waals surface area contributed by atoms with Gasteiger partial charge in [0, 0.05) is 12.4 Å². The Labute approximate surface area is 148 Å². The number of nitrogens with zero attached hydrogens (tertiary/aromatic N) is 5. The summed E-state index contributed by atoms with van der Waals surface area (Å²) in [4.78, 5) is 21.4. The first kappa shape index (κ1) is 16.1. The van der Waals surface area contributed by atoms with Gasteiger partial charge >= 0.3 is 5.69 Å². The quantitative estimate of drug-likeness (QED) is 0.494. The Balaban J connectivity index is 1.80. The summed E-state index contributed by atoms with van der Waals surface area (Å²) in [5, 5.41) is 4.13. The lowest BCUT2D eigenvalue weighted by Gasteiger charge is -2.12. The van der Waals surface area contributed by atoms with Gasteiger partial charge in [0.2, 0.25) is 12.3 Å². The Morgan fingerprint density at radius 2 is 2.24 bits per heavy atom. The molecule has 0 bridgehead atoms. The van der Waals surface area contributed by atoms with E-state index in [9.17, 15) is 4.79 Å². The average Bonchev–Trinajstić information content (AvgIpc) is 3.38. The molecule has 1 aliphatic rings. The van der Waals surface area contributed by atoms with E-state index in [1.165, 1.54) is 9.08 Å². The summed E-state index contributed by atoms with van der Waals surface area (Å²) in [6.45, 7) is 4.13. The van der Waals surface area contributed by atoms with Crippen LogP contribution in [0.5, 0.6) is 5.75 Å². The van der Waals surface area contributed by atoms with E-state index >= 15 is 0 Å². The molecule has 0 unspecified atom stereocenters. The van der Waals surface area contributed by atoms with Gasteiger partial charge in [-0.2, -0.15) is 4.52 Å². The maximum absolute atomic E-state index is 12.7. The second kappa shape index (κ2) is 6.49. The van der Waals surface area contributed by atoms with Crippen molar-refractivity contribution in [2.45, 2.75) is 32.6 Å². The molecule has 0 aliphatic heterocycles. The zero-order chi connectivity index (χ0) is 17.4. The smallest absolute Gasteiger partial charge is 0.356 e. The van der Waals surface area contributed by atoms with E-state index in [2.05, 4.69) is 15.1 Å². The minimum atomic E-state index is -0.351. The van der Waals surface area contributed by atoms with E-state index < -0.39 is 0 Å². The average molecular weight is 359 g/mol. The third kappa shape index (κ3) is 3.12. The van der Waals surface area contributed by atoms with Crippen molar-refractivity contribution in [2.24, 2.45) is 0 Å². The fourth-order valence-corrected chi connectivity index (χ4v) is 2.93. The Morgan fingerprint density at radius 3 is 3.00 bits per heavy atom. The molecule has 1 aliphatic carbocycles. The molecule has 8 nitrogen and oxygen atoms in total. The molecular formula is C16H17N5O3S. The maximum Gasteiger partial charge on any atom is 0.356 e. The van der Waals surface area contributed by atoms with E-state index in [1.54, 1.807) is 25.4 Å². The van der Waals surface area contributed by atoms with Crippen LogP contribution in [0, 0.1) is 6.92 Å². The minimum absolute atomic E-state index is 0.351. The number of rotatable bonds is 6. The van der Waals surface area contributed by atoms with Crippen LogP contribution < -0.4 is 9.87 Å². The molecule has 1 saturated carbocycles. The van der Waals surface area contributed by atoms with Gasteiger partial charge in [-0.05, 0) is 50.3 Å². The highest BCUT2D eigenvalue weighted by Crippen LogP contribution is 2.41. The van der Waals surface area contributed by atoms with Crippen molar-refractivity contribution >= 4 is 18.0 Å². The molecule has 0 atom stereocenters. The third-order valence-corrected chi connectivity index (χ3v) is 4.50. The highest BCUT2D eigenvalue weighted by atomic mass is 32.2. The first-order valence-electron chi connectivity index (χ1n) is 8.09. The fourth-order valence-electron chi connectivity index (χ4n) is 2.59. The largest absolute Gasteiger partial charge is 0.396 e. The van der Waals surface area contributed by atoms with Gasteiger partial charge in [0.15, 0.2) is 17.2 Å². The van der Waals surface area contributed by atoms with E-state index in [1.807, 2.05) is 13.0 Å². The molecule has 0 saturated heterocycles. The zero-order valence-corrected chi connectivity index (χ0v) is 14.7. The van der Waals surface area contributed by atoms with Gasteiger partial charge in [0.05, 0.1) is 6.61 Å². The summed E-state index contributed by atoms with van der Waals surface area (Å²) in [5.74, 6) is 1.95. The van der Waals surface area contributed by atoms with Crippen LogP contribution in [0.25, 0.3) is 11.5 Å². The lowest BCUT2D eigenvalue weighted by Crippen LogP contribution is -2.26. The topological polar surface area (TPSA) is 83.5 Å². The molecule has 1 fully saturated rings. The predicted octanol–water partition coefficient (Wildman–Crippen LogP) is 2.44. The van der Waals surface area contributed by atoms with Crippen LogP contribution in [0.4, 0.5) is 0 Å². The van der Waals surface area contributed by atoms with Gasteiger partial charge in [-0.25, -0.2) is 19.3 Å². The first-order valence-corrected chi connectivity index (χ1v) is 8.75. The Bertz CT molecular complexity index is 980. The standard InChI is InChI=1S/C16H17N5O3S/c1-3-23-25-24-13-8-12(11-4-5-11)9-17-15(13)20-7-6-14-18-10(2)19-21(14)16(20)22/h6-9,11H,3-5H2,1-2H3. The maximum atomic E-state index is 12.7. The summed E-state index contributed by atoms with van der Waals surface area (Å²) < 4.78 is 13.5. The van der Waals surface area contributed by atoms with Crippen LogP contribution in [-0.4, -0.2) is 30.8 Å². The third-order valence-electron chi connectivity index (χ3n) is 3.92. The number of pyridine rings is 1. The molecule has 0 N–H and O–H groups in total. The van der Waals surface area contributed by atoms with Crippen molar-refractivity contribution in [1.29, 1.82) is 0 Å². The molecular weight excluding hydrogens is 342 g/mol. The lowest BCUT2D eigenvalue weighted by molar-refractivity contribution is 0.369. The number of aromatic nitrogens is 5. The molecule has 25 heavy (non-hydrogen) atoms. The molecule has 9 heteroatoms. The highest BCUT2D eigenvalue weighted by Gasteiger charge is 2.26. The SMILES string of the molecule is CCOSOc1cc(C2CC2)cnc1-n1ccc2nc(C)nn2c1=O. The number of hydrogen-bond acceptors (Lipinski definition) is 7. The molecule has 3 heterocycles. The minimum Gasteiger partial charge on any atom is -0.396 e. The van der Waals surface area contributed by atoms with E-state index in [4.69, 9.17) is 8.37 Å². The fraction of sp³-hybridized carbons (Fsp3) is 0.375. The van der Waals surface area contributed by atoms with Crippen molar-refractivity contribution in [1.82, 2.24) is 24.1 Å². The van der Waals surface area contributed by atoms with Crippen LogP contribution in [0.3, 0.4) is 0 Å². The highest BCUT2D eigenvalue weighted by molar-refractivity contribution is 7.90. The van der Waals surface area contributed by atoms with Crippen molar-refractivity contribution < 1.29 is 8.37 Å². The monoisotopic (exact) mass is 359 g/mol. The van der Waals surface area contributed by atoms with E-state index in [0.717, 1.165) is 30.7 Å². The molecule has 0 amide bonds. The molecule has 0 radical (unpaired) electrons. The normalized spacial score (nSPS) is 14.2. The summed E-state index contributed by atoms with van der Waals surface area (Å²) >= 11 is 0.879. The van der Waals surface area contributed by atoms with Crippen molar-refractivity contribution in [3.8, 4) is 11.6 Å². The van der Waals surface area contributed by atoms with Crippen molar-refractivity contribution in [3.05, 3.63) is 46.4 Å². The Kier molecular flexibility index (Phi) is 4.18. The zero-order valence-electron chi connectivity index (χ0n) is 13.9. The van der Waals surface area contributed by atoms with Crippen LogP contribution in [0.15, 0.2) is 29.3 Å². The van der Waals surface area contributed by atoms with Crippen LogP contribution in [-0.2, 0) is 4.18 Å². The second-order valence-electron chi connectivity index (χ2n) is 5.82. The summed E-state index contributed by atoms with van der Waals surface area (Å²) in [6.07, 6.45) is 5.74. The number of hydrogen-bond donors (Lipinski definition) is 0. The lowest BCUT2D eigenvalue weighted by atomic mass is 10.2. The van der Waals surface area contributed by atoms with Gasteiger partial charge < -0.3 is 4.18 Å². The van der Waals surface area contributed by atoms with Crippen molar-refractivity contribution in [3.63, 3.8) is 0 Å². The van der Waals surface area contributed by atoms with Gasteiger partial charge in [-0.3, -0.25) is 4.18 Å². The molecule has 3 aromatic heterocycles. The second-order valence-corrected chi connectivity index (χ2v) is 6.36. The van der Waals surface area contributed by atoms with Gasteiger partial charge in [0.25, 0.3) is 0 Å². The van der Waals surface area contributed by atoms with Crippen molar-refractivity contribution in [2.75, 3.05) is 6.61 Å². The summed E-state index contributed by atoms with van der Waals surface area (Å²) in [7, 11) is 0.